The van der Waals surface area contributed by atoms with Crippen molar-refractivity contribution in [2.24, 2.45) is 5.10 Å². The number of para-hydroxylation sites is 1. The summed E-state index contributed by atoms with van der Waals surface area (Å²) in [5, 5.41) is 6.13. The zero-order chi connectivity index (χ0) is 17.9. The molecule has 0 bridgehead atoms. The number of methoxy groups -OCH3 is 1. The van der Waals surface area contributed by atoms with E-state index in [9.17, 15) is 4.79 Å². The third-order valence-corrected chi connectivity index (χ3v) is 4.46. The van der Waals surface area contributed by atoms with Crippen LogP contribution in [0.4, 0.5) is 0 Å². The van der Waals surface area contributed by atoms with Gasteiger partial charge in [0.2, 0.25) is 0 Å². The van der Waals surface area contributed by atoms with Gasteiger partial charge in [-0.2, -0.15) is 5.10 Å². The average Bonchev–Trinajstić information content (AvgIpc) is 3.38. The second-order valence-electron chi connectivity index (χ2n) is 6.00. The highest BCUT2D eigenvalue weighted by molar-refractivity contribution is 6.04. The zero-order valence-corrected chi connectivity index (χ0v) is 14.3. The van der Waals surface area contributed by atoms with Gasteiger partial charge >= 0.3 is 5.91 Å². The van der Waals surface area contributed by atoms with Gasteiger partial charge in [-0.3, -0.25) is 4.79 Å². The zero-order valence-electron chi connectivity index (χ0n) is 14.3. The molecule has 0 radical (unpaired) electrons. The number of rotatable bonds is 4. The monoisotopic (exact) mass is 346 g/mol. The van der Waals surface area contributed by atoms with E-state index in [2.05, 4.69) is 5.10 Å². The minimum atomic E-state index is -0.267. The molecule has 26 heavy (non-hydrogen) atoms. The van der Waals surface area contributed by atoms with Crippen LogP contribution in [0.15, 0.2) is 82.5 Å². The Bertz CT molecular complexity index is 933. The third-order valence-electron chi connectivity index (χ3n) is 4.46. The molecule has 3 aromatic rings. The fourth-order valence-corrected chi connectivity index (χ4v) is 3.20. The number of carbonyl (C=O) groups excluding carboxylic acids is 1. The Morgan fingerprint density at radius 3 is 2.58 bits per heavy atom. The van der Waals surface area contributed by atoms with Crippen LogP contribution in [-0.2, 0) is 0 Å². The number of ether oxygens (including phenoxy) is 1. The fraction of sp³-hybridized carbons (Fsp3) is 0.143. The molecule has 0 N–H and O–H groups in total. The molecule has 0 spiro atoms. The number of benzene rings is 2. The molecule has 2 aromatic carbocycles. The molecule has 1 aliphatic rings. The Balaban J connectivity index is 1.76. The summed E-state index contributed by atoms with van der Waals surface area (Å²) >= 11 is 0. The maximum Gasteiger partial charge on any atom is 0.310 e. The summed E-state index contributed by atoms with van der Waals surface area (Å²) in [5.74, 6) is 0.735. The van der Waals surface area contributed by atoms with Crippen LogP contribution in [-0.4, -0.2) is 23.7 Å². The summed E-state index contributed by atoms with van der Waals surface area (Å²) in [5.41, 5.74) is 2.79. The van der Waals surface area contributed by atoms with Gasteiger partial charge in [-0.15, -0.1) is 0 Å². The molecule has 0 aliphatic carbocycles. The highest BCUT2D eigenvalue weighted by Gasteiger charge is 2.36. The lowest BCUT2D eigenvalue weighted by Crippen LogP contribution is -2.27. The molecule has 1 aliphatic heterocycles. The molecule has 2 heterocycles. The summed E-state index contributed by atoms with van der Waals surface area (Å²) in [4.78, 5) is 13.0. The minimum absolute atomic E-state index is 0.251. The Morgan fingerprint density at radius 1 is 1.08 bits per heavy atom. The molecule has 0 unspecified atom stereocenters. The molecule has 1 atom stereocenters. The molecular formula is C21H18N2O3. The third kappa shape index (κ3) is 2.88. The van der Waals surface area contributed by atoms with Crippen LogP contribution in [0.3, 0.4) is 0 Å². The highest BCUT2D eigenvalue weighted by Crippen LogP contribution is 2.38. The largest absolute Gasteiger partial charge is 0.496 e. The van der Waals surface area contributed by atoms with Crippen molar-refractivity contribution in [3.05, 3.63) is 89.9 Å². The van der Waals surface area contributed by atoms with Crippen molar-refractivity contribution < 1.29 is 13.9 Å². The van der Waals surface area contributed by atoms with E-state index >= 15 is 0 Å². The molecule has 4 rings (SSSR count). The van der Waals surface area contributed by atoms with Gasteiger partial charge in [-0.1, -0.05) is 48.5 Å². The van der Waals surface area contributed by atoms with E-state index in [0.29, 0.717) is 6.42 Å². The van der Waals surface area contributed by atoms with E-state index in [0.717, 1.165) is 22.6 Å². The van der Waals surface area contributed by atoms with E-state index in [4.69, 9.17) is 9.15 Å². The van der Waals surface area contributed by atoms with Crippen LogP contribution in [0.25, 0.3) is 0 Å². The van der Waals surface area contributed by atoms with Gasteiger partial charge in [-0.05, 0) is 23.8 Å². The lowest BCUT2D eigenvalue weighted by molar-refractivity contribution is 0.0677. The van der Waals surface area contributed by atoms with Gasteiger partial charge in [0.1, 0.15) is 5.75 Å². The molecule has 5 heteroatoms. The molecule has 5 nitrogen and oxygen atoms in total. The SMILES string of the molecule is COc1ccccc1[C@H]1CC(c2ccccc2)=NN1C(=O)c1ccco1. The first-order chi connectivity index (χ1) is 12.8. The first-order valence-electron chi connectivity index (χ1n) is 8.41. The van der Waals surface area contributed by atoms with Crippen molar-refractivity contribution in [1.29, 1.82) is 0 Å². The number of hydrazone groups is 1. The minimum Gasteiger partial charge on any atom is -0.496 e. The first-order valence-corrected chi connectivity index (χ1v) is 8.41. The van der Waals surface area contributed by atoms with Crippen LogP contribution in [0.1, 0.15) is 34.1 Å². The van der Waals surface area contributed by atoms with Gasteiger partial charge < -0.3 is 9.15 Å². The summed E-state index contributed by atoms with van der Waals surface area (Å²) in [6.07, 6.45) is 2.10. The Kier molecular flexibility index (Phi) is 4.27. The smallest absolute Gasteiger partial charge is 0.310 e. The van der Waals surface area contributed by atoms with Crippen LogP contribution < -0.4 is 4.74 Å². The average molecular weight is 346 g/mol. The molecular weight excluding hydrogens is 328 g/mol. The Labute approximate surface area is 151 Å². The molecule has 0 saturated heterocycles. The second kappa shape index (κ2) is 6.88. The van der Waals surface area contributed by atoms with Crippen molar-refractivity contribution >= 4 is 11.6 Å². The highest BCUT2D eigenvalue weighted by atomic mass is 16.5. The summed E-state index contributed by atoms with van der Waals surface area (Å²) in [6, 6.07) is 20.7. The van der Waals surface area contributed by atoms with Gasteiger partial charge in [0, 0.05) is 12.0 Å². The Morgan fingerprint density at radius 2 is 1.85 bits per heavy atom. The summed E-state index contributed by atoms with van der Waals surface area (Å²) < 4.78 is 10.8. The Hall–Kier alpha value is -3.34. The van der Waals surface area contributed by atoms with Gasteiger partial charge in [0.25, 0.3) is 0 Å². The topological polar surface area (TPSA) is 55.0 Å². The number of amides is 1. The molecule has 0 saturated carbocycles. The number of hydrogen-bond acceptors (Lipinski definition) is 4. The quantitative estimate of drug-likeness (QED) is 0.708. The van der Waals surface area contributed by atoms with Crippen LogP contribution in [0.2, 0.25) is 0 Å². The predicted molar refractivity (Wildman–Crippen MR) is 98.2 cm³/mol. The second-order valence-corrected chi connectivity index (χ2v) is 6.00. The number of furan rings is 1. The van der Waals surface area contributed by atoms with Crippen LogP contribution >= 0.6 is 0 Å². The molecule has 130 valence electrons. The van der Waals surface area contributed by atoms with Crippen molar-refractivity contribution in [1.82, 2.24) is 5.01 Å². The predicted octanol–water partition coefficient (Wildman–Crippen LogP) is 4.28. The summed E-state index contributed by atoms with van der Waals surface area (Å²) in [7, 11) is 1.63. The van der Waals surface area contributed by atoms with Crippen LogP contribution in [0, 0.1) is 0 Å². The lowest BCUT2D eigenvalue weighted by Gasteiger charge is -2.22. The molecule has 1 amide bonds. The van der Waals surface area contributed by atoms with Gasteiger partial charge in [0.05, 0.1) is 25.1 Å². The van der Waals surface area contributed by atoms with Crippen molar-refractivity contribution in [2.75, 3.05) is 7.11 Å². The van der Waals surface area contributed by atoms with Gasteiger partial charge in [-0.25, -0.2) is 5.01 Å². The van der Waals surface area contributed by atoms with E-state index in [1.165, 1.54) is 11.3 Å². The standard InChI is InChI=1S/C21H18N2O3/c1-25-19-11-6-5-10-16(19)18-14-17(15-8-3-2-4-9-15)22-23(18)21(24)20-12-7-13-26-20/h2-13,18H,14H2,1H3/t18-/m1/s1. The van der Waals surface area contributed by atoms with E-state index in [1.54, 1.807) is 19.2 Å². The van der Waals surface area contributed by atoms with E-state index < -0.39 is 0 Å². The summed E-state index contributed by atoms with van der Waals surface area (Å²) in [6.45, 7) is 0. The lowest BCUT2D eigenvalue weighted by atomic mass is 9.97. The number of hydrogen-bond donors (Lipinski definition) is 0. The first kappa shape index (κ1) is 16.1. The van der Waals surface area contributed by atoms with E-state index in [1.807, 2.05) is 54.6 Å². The van der Waals surface area contributed by atoms with Crippen molar-refractivity contribution in [3.63, 3.8) is 0 Å². The van der Waals surface area contributed by atoms with Crippen LogP contribution in [0.5, 0.6) is 5.75 Å². The normalized spacial score (nSPS) is 16.4. The molecule has 1 aromatic heterocycles. The maximum atomic E-state index is 13.0. The van der Waals surface area contributed by atoms with Crippen molar-refractivity contribution in [2.45, 2.75) is 12.5 Å². The van der Waals surface area contributed by atoms with E-state index in [-0.39, 0.29) is 17.7 Å². The fourth-order valence-electron chi connectivity index (χ4n) is 3.20. The maximum absolute atomic E-state index is 13.0. The van der Waals surface area contributed by atoms with Gasteiger partial charge in [0.15, 0.2) is 5.76 Å². The number of carbonyl (C=O) groups is 1. The molecule has 0 fully saturated rings. The van der Waals surface area contributed by atoms with Crippen molar-refractivity contribution in [3.8, 4) is 5.75 Å². The number of nitrogens with zero attached hydrogens (tertiary/aromatic N) is 2.